The minimum Gasteiger partial charge on any atom is -0.318 e. The molecule has 0 fully saturated rings. The van der Waals surface area contributed by atoms with Gasteiger partial charge in [-0.25, -0.2) is 8.78 Å². The number of aromatic nitrogens is 2. The average Bonchev–Trinajstić information content (AvgIpc) is 2.79. The van der Waals surface area contributed by atoms with Crippen molar-refractivity contribution in [2.24, 2.45) is 12.8 Å². The van der Waals surface area contributed by atoms with Crippen molar-refractivity contribution >= 4 is 5.78 Å². The van der Waals surface area contributed by atoms with E-state index >= 15 is 0 Å². The SMILES string of the molecule is Cn1cc(C(N)C(=O)Cc2cc(F)ccc2F)cn1. The van der Waals surface area contributed by atoms with Gasteiger partial charge in [-0.2, -0.15) is 5.10 Å². The van der Waals surface area contributed by atoms with E-state index < -0.39 is 23.5 Å². The molecule has 0 bridgehead atoms. The van der Waals surface area contributed by atoms with Gasteiger partial charge in [0.2, 0.25) is 0 Å². The van der Waals surface area contributed by atoms with Gasteiger partial charge >= 0.3 is 0 Å². The van der Waals surface area contributed by atoms with Crippen molar-refractivity contribution in [1.29, 1.82) is 0 Å². The molecule has 19 heavy (non-hydrogen) atoms. The number of benzene rings is 1. The third kappa shape index (κ3) is 3.03. The summed E-state index contributed by atoms with van der Waals surface area (Å²) in [6.07, 6.45) is 2.84. The molecule has 2 aromatic rings. The minimum atomic E-state index is -0.892. The van der Waals surface area contributed by atoms with Crippen LogP contribution in [0.3, 0.4) is 0 Å². The van der Waals surface area contributed by atoms with E-state index in [9.17, 15) is 13.6 Å². The summed E-state index contributed by atoms with van der Waals surface area (Å²) < 4.78 is 27.9. The normalized spacial score (nSPS) is 12.4. The first kappa shape index (κ1) is 13.4. The van der Waals surface area contributed by atoms with E-state index in [1.54, 1.807) is 13.2 Å². The maximum atomic E-state index is 13.4. The van der Waals surface area contributed by atoms with Gasteiger partial charge in [0.15, 0.2) is 5.78 Å². The molecular formula is C13H13F2N3O. The highest BCUT2D eigenvalue weighted by Crippen LogP contribution is 2.16. The monoisotopic (exact) mass is 265 g/mol. The fourth-order valence-corrected chi connectivity index (χ4v) is 1.76. The molecule has 2 rings (SSSR count). The van der Waals surface area contributed by atoms with E-state index in [1.165, 1.54) is 10.9 Å². The van der Waals surface area contributed by atoms with Gasteiger partial charge < -0.3 is 5.73 Å². The second-order valence-electron chi connectivity index (χ2n) is 4.30. The Hall–Kier alpha value is -2.08. The number of nitrogens with two attached hydrogens (primary N) is 1. The lowest BCUT2D eigenvalue weighted by Gasteiger charge is -2.09. The molecule has 1 atom stereocenters. The number of carbonyl (C=O) groups excluding carboxylic acids is 1. The number of carbonyl (C=O) groups is 1. The Bertz CT molecular complexity index is 610. The van der Waals surface area contributed by atoms with Crippen molar-refractivity contribution in [3.05, 3.63) is 53.4 Å². The van der Waals surface area contributed by atoms with Gasteiger partial charge in [-0.15, -0.1) is 0 Å². The fourth-order valence-electron chi connectivity index (χ4n) is 1.76. The van der Waals surface area contributed by atoms with Gasteiger partial charge in [-0.05, 0) is 23.8 Å². The Morgan fingerprint density at radius 3 is 2.84 bits per heavy atom. The van der Waals surface area contributed by atoms with Gasteiger partial charge in [-0.1, -0.05) is 0 Å². The lowest BCUT2D eigenvalue weighted by Crippen LogP contribution is -2.23. The van der Waals surface area contributed by atoms with E-state index in [0.717, 1.165) is 18.2 Å². The maximum Gasteiger partial charge on any atom is 0.158 e. The van der Waals surface area contributed by atoms with Crippen LogP contribution in [0.25, 0.3) is 0 Å². The summed E-state index contributed by atoms with van der Waals surface area (Å²) in [6, 6.07) is 2.11. The van der Waals surface area contributed by atoms with Crippen molar-refractivity contribution in [3.63, 3.8) is 0 Å². The summed E-state index contributed by atoms with van der Waals surface area (Å²) in [5.41, 5.74) is 6.32. The largest absolute Gasteiger partial charge is 0.318 e. The highest BCUT2D eigenvalue weighted by atomic mass is 19.1. The third-order valence-electron chi connectivity index (χ3n) is 2.80. The predicted molar refractivity (Wildman–Crippen MR) is 65.2 cm³/mol. The van der Waals surface area contributed by atoms with Crippen molar-refractivity contribution in [3.8, 4) is 0 Å². The zero-order valence-electron chi connectivity index (χ0n) is 10.3. The first-order valence-corrected chi connectivity index (χ1v) is 5.68. The summed E-state index contributed by atoms with van der Waals surface area (Å²) >= 11 is 0. The molecule has 0 aliphatic rings. The molecule has 0 saturated heterocycles. The molecule has 6 heteroatoms. The molecule has 4 nitrogen and oxygen atoms in total. The molecule has 0 aliphatic carbocycles. The van der Waals surface area contributed by atoms with Crippen LogP contribution < -0.4 is 5.73 Å². The number of Topliss-reactive ketones (excluding diaryl/α,β-unsaturated/α-hetero) is 1. The van der Waals surface area contributed by atoms with Crippen LogP contribution in [0.1, 0.15) is 17.2 Å². The van der Waals surface area contributed by atoms with Crippen LogP contribution in [-0.2, 0) is 18.3 Å². The Labute approximate surface area is 108 Å². The Balaban J connectivity index is 2.14. The molecule has 2 N–H and O–H groups in total. The topological polar surface area (TPSA) is 60.9 Å². The summed E-state index contributed by atoms with van der Waals surface area (Å²) in [5.74, 6) is -1.59. The van der Waals surface area contributed by atoms with Gasteiger partial charge in [0.1, 0.15) is 11.6 Å². The Kier molecular flexibility index (Phi) is 3.71. The minimum absolute atomic E-state index is 0.00402. The fraction of sp³-hybridized carbons (Fsp3) is 0.231. The number of aryl methyl sites for hydroxylation is 1. The highest BCUT2D eigenvalue weighted by Gasteiger charge is 2.19. The third-order valence-corrected chi connectivity index (χ3v) is 2.80. The number of hydrogen-bond acceptors (Lipinski definition) is 3. The van der Waals surface area contributed by atoms with Gasteiger partial charge in [-0.3, -0.25) is 9.48 Å². The first-order valence-electron chi connectivity index (χ1n) is 5.68. The lowest BCUT2D eigenvalue weighted by atomic mass is 10.0. The molecule has 0 aliphatic heterocycles. The molecule has 100 valence electrons. The molecule has 1 aromatic carbocycles. The molecule has 1 unspecified atom stereocenters. The molecule has 0 amide bonds. The van der Waals surface area contributed by atoms with Crippen LogP contribution >= 0.6 is 0 Å². The Morgan fingerprint density at radius 2 is 2.21 bits per heavy atom. The standard InChI is InChI=1S/C13H13F2N3O/c1-18-7-9(6-17-18)13(16)12(19)5-8-4-10(14)2-3-11(8)15/h2-4,6-7,13H,5,16H2,1H3. The van der Waals surface area contributed by atoms with Crippen LogP contribution in [0.4, 0.5) is 8.78 Å². The summed E-state index contributed by atoms with van der Waals surface area (Å²) in [6.45, 7) is 0. The summed E-state index contributed by atoms with van der Waals surface area (Å²) in [7, 11) is 1.70. The van der Waals surface area contributed by atoms with Crippen molar-refractivity contribution in [1.82, 2.24) is 9.78 Å². The van der Waals surface area contributed by atoms with Crippen LogP contribution in [0.15, 0.2) is 30.6 Å². The Morgan fingerprint density at radius 1 is 1.47 bits per heavy atom. The second kappa shape index (κ2) is 5.27. The zero-order chi connectivity index (χ0) is 14.0. The van der Waals surface area contributed by atoms with Crippen molar-refractivity contribution < 1.29 is 13.6 Å². The average molecular weight is 265 g/mol. The van der Waals surface area contributed by atoms with E-state index in [2.05, 4.69) is 5.10 Å². The van der Waals surface area contributed by atoms with Gasteiger partial charge in [0, 0.05) is 25.2 Å². The lowest BCUT2D eigenvalue weighted by molar-refractivity contribution is -0.119. The van der Waals surface area contributed by atoms with Gasteiger partial charge in [0.05, 0.1) is 12.2 Å². The smallest absolute Gasteiger partial charge is 0.158 e. The highest BCUT2D eigenvalue weighted by molar-refractivity contribution is 5.86. The van der Waals surface area contributed by atoms with Crippen molar-refractivity contribution in [2.75, 3.05) is 0 Å². The van der Waals surface area contributed by atoms with E-state index in [0.29, 0.717) is 5.56 Å². The summed E-state index contributed by atoms with van der Waals surface area (Å²) in [5, 5.41) is 3.91. The van der Waals surface area contributed by atoms with Crippen LogP contribution in [-0.4, -0.2) is 15.6 Å². The van der Waals surface area contributed by atoms with Crippen molar-refractivity contribution in [2.45, 2.75) is 12.5 Å². The molecule has 0 spiro atoms. The number of hydrogen-bond donors (Lipinski definition) is 1. The van der Waals surface area contributed by atoms with E-state index in [-0.39, 0.29) is 12.0 Å². The number of nitrogens with zero attached hydrogens (tertiary/aromatic N) is 2. The predicted octanol–water partition coefficient (Wildman–Crippen LogP) is 1.51. The molecule has 1 aromatic heterocycles. The molecular weight excluding hydrogens is 252 g/mol. The van der Waals surface area contributed by atoms with E-state index in [4.69, 9.17) is 5.73 Å². The quantitative estimate of drug-likeness (QED) is 0.911. The number of rotatable bonds is 4. The number of ketones is 1. The van der Waals surface area contributed by atoms with Crippen LogP contribution in [0.5, 0.6) is 0 Å². The van der Waals surface area contributed by atoms with Crippen LogP contribution in [0.2, 0.25) is 0 Å². The molecule has 0 saturated carbocycles. The summed E-state index contributed by atoms with van der Waals surface area (Å²) in [4.78, 5) is 11.9. The number of halogens is 2. The van der Waals surface area contributed by atoms with E-state index in [1.807, 2.05) is 0 Å². The molecule has 0 radical (unpaired) electrons. The zero-order valence-corrected chi connectivity index (χ0v) is 10.3. The van der Waals surface area contributed by atoms with Gasteiger partial charge in [0.25, 0.3) is 0 Å². The first-order chi connectivity index (χ1) is 8.97. The van der Waals surface area contributed by atoms with Crippen LogP contribution in [0, 0.1) is 11.6 Å². The molecule has 1 heterocycles. The maximum absolute atomic E-state index is 13.4. The second-order valence-corrected chi connectivity index (χ2v) is 4.30.